The standard InChI is InChI=1S/C7H14N2O2.2ClH/c8-6-2-1-3-9(4-6)5-7(10)11;;/h6H,1-5,8H2,(H,10,11);2*1H. The minimum absolute atomic E-state index is 0. The van der Waals surface area contributed by atoms with E-state index >= 15 is 0 Å². The third-order valence-corrected chi connectivity index (χ3v) is 1.90. The van der Waals surface area contributed by atoms with Crippen LogP contribution in [0.2, 0.25) is 0 Å². The van der Waals surface area contributed by atoms with Crippen molar-refractivity contribution >= 4 is 30.8 Å². The summed E-state index contributed by atoms with van der Waals surface area (Å²) in [6.45, 7) is 1.74. The quantitative estimate of drug-likeness (QED) is 0.719. The second-order valence-electron chi connectivity index (χ2n) is 3.03. The molecule has 1 heterocycles. The van der Waals surface area contributed by atoms with Gasteiger partial charge in [0.2, 0.25) is 0 Å². The molecular weight excluding hydrogens is 215 g/mol. The van der Waals surface area contributed by atoms with E-state index in [9.17, 15) is 4.79 Å². The molecule has 0 saturated carbocycles. The van der Waals surface area contributed by atoms with E-state index in [4.69, 9.17) is 10.8 Å². The van der Waals surface area contributed by atoms with Gasteiger partial charge in [0, 0.05) is 12.6 Å². The summed E-state index contributed by atoms with van der Waals surface area (Å²) < 4.78 is 0. The highest BCUT2D eigenvalue weighted by atomic mass is 35.5. The van der Waals surface area contributed by atoms with Gasteiger partial charge in [0.1, 0.15) is 0 Å². The van der Waals surface area contributed by atoms with E-state index in [1.807, 2.05) is 4.90 Å². The molecule has 0 radical (unpaired) electrons. The van der Waals surface area contributed by atoms with Gasteiger partial charge in [-0.1, -0.05) is 0 Å². The first kappa shape index (κ1) is 15.4. The van der Waals surface area contributed by atoms with Crippen LogP contribution in [0.4, 0.5) is 0 Å². The molecule has 0 spiro atoms. The van der Waals surface area contributed by atoms with Crippen molar-refractivity contribution in [1.29, 1.82) is 0 Å². The van der Waals surface area contributed by atoms with Crippen LogP contribution in [0.5, 0.6) is 0 Å². The van der Waals surface area contributed by atoms with Crippen LogP contribution in [0.3, 0.4) is 0 Å². The van der Waals surface area contributed by atoms with Gasteiger partial charge in [0.25, 0.3) is 0 Å². The van der Waals surface area contributed by atoms with Crippen LogP contribution in [0.25, 0.3) is 0 Å². The Kier molecular flexibility index (Phi) is 8.77. The predicted octanol–water partition coefficient (Wildman–Crippen LogP) is 0.338. The van der Waals surface area contributed by atoms with Gasteiger partial charge in [-0.3, -0.25) is 9.69 Å². The van der Waals surface area contributed by atoms with Gasteiger partial charge >= 0.3 is 5.97 Å². The molecular formula is C7H16Cl2N2O2. The molecule has 0 amide bonds. The second-order valence-corrected chi connectivity index (χ2v) is 3.03. The lowest BCUT2D eigenvalue weighted by atomic mass is 10.1. The largest absolute Gasteiger partial charge is 0.480 e. The molecule has 0 aromatic heterocycles. The highest BCUT2D eigenvalue weighted by molar-refractivity contribution is 5.85. The summed E-state index contributed by atoms with van der Waals surface area (Å²) in [5.74, 6) is -0.765. The van der Waals surface area contributed by atoms with Crippen LogP contribution < -0.4 is 5.73 Å². The lowest BCUT2D eigenvalue weighted by Crippen LogP contribution is -2.44. The monoisotopic (exact) mass is 230 g/mol. The SMILES string of the molecule is Cl.Cl.NC1CCCN(CC(=O)O)C1. The van der Waals surface area contributed by atoms with Crippen LogP contribution in [0.15, 0.2) is 0 Å². The van der Waals surface area contributed by atoms with Crippen molar-refractivity contribution in [3.63, 3.8) is 0 Å². The zero-order valence-corrected chi connectivity index (χ0v) is 8.94. The number of rotatable bonds is 2. The van der Waals surface area contributed by atoms with E-state index in [2.05, 4.69) is 0 Å². The maximum atomic E-state index is 10.3. The fourth-order valence-corrected chi connectivity index (χ4v) is 1.43. The number of hydrogen-bond acceptors (Lipinski definition) is 3. The number of piperidine rings is 1. The Labute approximate surface area is 90.3 Å². The molecule has 0 aliphatic carbocycles. The summed E-state index contributed by atoms with van der Waals surface area (Å²) in [5.41, 5.74) is 5.67. The molecule has 1 saturated heterocycles. The third kappa shape index (κ3) is 6.10. The number of carboxylic acids is 1. The van der Waals surface area contributed by atoms with Gasteiger partial charge in [-0.05, 0) is 19.4 Å². The molecule has 0 aromatic carbocycles. The fraction of sp³-hybridized carbons (Fsp3) is 0.857. The normalized spacial score (nSPS) is 22.7. The molecule has 1 fully saturated rings. The topological polar surface area (TPSA) is 66.6 Å². The lowest BCUT2D eigenvalue weighted by Gasteiger charge is -2.28. The maximum Gasteiger partial charge on any atom is 0.317 e. The van der Waals surface area contributed by atoms with Gasteiger partial charge < -0.3 is 10.8 Å². The molecule has 1 rings (SSSR count). The zero-order chi connectivity index (χ0) is 8.27. The minimum Gasteiger partial charge on any atom is -0.480 e. The van der Waals surface area contributed by atoms with Crippen molar-refractivity contribution in [3.05, 3.63) is 0 Å². The molecule has 4 nitrogen and oxygen atoms in total. The van der Waals surface area contributed by atoms with Gasteiger partial charge in [0.05, 0.1) is 6.54 Å². The summed E-state index contributed by atoms with van der Waals surface area (Å²) in [7, 11) is 0. The van der Waals surface area contributed by atoms with Crippen LogP contribution in [-0.2, 0) is 4.79 Å². The van der Waals surface area contributed by atoms with E-state index in [0.717, 1.165) is 25.9 Å². The number of likely N-dealkylation sites (tertiary alicyclic amines) is 1. The van der Waals surface area contributed by atoms with Gasteiger partial charge in [-0.15, -0.1) is 24.8 Å². The van der Waals surface area contributed by atoms with E-state index < -0.39 is 5.97 Å². The molecule has 1 aliphatic rings. The molecule has 80 valence electrons. The molecule has 1 atom stereocenters. The highest BCUT2D eigenvalue weighted by Gasteiger charge is 2.17. The second kappa shape index (κ2) is 7.38. The number of hydrogen-bond donors (Lipinski definition) is 2. The Morgan fingerprint density at radius 3 is 2.62 bits per heavy atom. The number of halogens is 2. The molecule has 0 bridgehead atoms. The molecule has 6 heteroatoms. The van der Waals surface area contributed by atoms with Crippen LogP contribution in [-0.4, -0.2) is 41.7 Å². The van der Waals surface area contributed by atoms with E-state index in [1.165, 1.54) is 0 Å². The van der Waals surface area contributed by atoms with Crippen molar-refractivity contribution in [2.24, 2.45) is 5.73 Å². The third-order valence-electron chi connectivity index (χ3n) is 1.90. The van der Waals surface area contributed by atoms with Crippen molar-refractivity contribution in [2.75, 3.05) is 19.6 Å². The average Bonchev–Trinajstić information content (AvgIpc) is 1.85. The minimum atomic E-state index is -0.765. The smallest absolute Gasteiger partial charge is 0.317 e. The molecule has 0 aromatic rings. The Bertz CT molecular complexity index is 157. The first-order valence-electron chi connectivity index (χ1n) is 3.88. The van der Waals surface area contributed by atoms with Crippen molar-refractivity contribution in [1.82, 2.24) is 4.90 Å². The fourth-order valence-electron chi connectivity index (χ4n) is 1.43. The summed E-state index contributed by atoms with van der Waals surface area (Å²) in [5, 5.41) is 8.47. The van der Waals surface area contributed by atoms with Gasteiger partial charge in [0.15, 0.2) is 0 Å². The Hall–Kier alpha value is -0.0300. The average molecular weight is 231 g/mol. The zero-order valence-electron chi connectivity index (χ0n) is 7.31. The molecule has 13 heavy (non-hydrogen) atoms. The van der Waals surface area contributed by atoms with E-state index in [0.29, 0.717) is 0 Å². The lowest BCUT2D eigenvalue weighted by molar-refractivity contribution is -0.138. The maximum absolute atomic E-state index is 10.3. The number of nitrogens with two attached hydrogens (primary N) is 1. The molecule has 1 unspecified atom stereocenters. The summed E-state index contributed by atoms with van der Waals surface area (Å²) in [4.78, 5) is 12.2. The van der Waals surface area contributed by atoms with Crippen molar-refractivity contribution in [2.45, 2.75) is 18.9 Å². The van der Waals surface area contributed by atoms with Crippen LogP contribution in [0, 0.1) is 0 Å². The molecule has 3 N–H and O–H groups in total. The number of aliphatic carboxylic acids is 1. The van der Waals surface area contributed by atoms with Gasteiger partial charge in [-0.25, -0.2) is 0 Å². The summed E-state index contributed by atoms with van der Waals surface area (Å²) >= 11 is 0. The van der Waals surface area contributed by atoms with E-state index in [1.54, 1.807) is 0 Å². The molecule has 1 aliphatic heterocycles. The highest BCUT2D eigenvalue weighted by Crippen LogP contribution is 2.06. The van der Waals surface area contributed by atoms with Crippen molar-refractivity contribution in [3.8, 4) is 0 Å². The number of carbonyl (C=O) groups is 1. The summed E-state index contributed by atoms with van der Waals surface area (Å²) in [6.07, 6.45) is 2.05. The predicted molar refractivity (Wildman–Crippen MR) is 55.8 cm³/mol. The Balaban J connectivity index is 0. The van der Waals surface area contributed by atoms with E-state index in [-0.39, 0.29) is 37.4 Å². The first-order valence-corrected chi connectivity index (χ1v) is 3.88. The van der Waals surface area contributed by atoms with Crippen LogP contribution >= 0.6 is 24.8 Å². The number of nitrogens with zero attached hydrogens (tertiary/aromatic N) is 1. The Morgan fingerprint density at radius 2 is 2.15 bits per heavy atom. The Morgan fingerprint density at radius 1 is 1.54 bits per heavy atom. The van der Waals surface area contributed by atoms with Crippen LogP contribution in [0.1, 0.15) is 12.8 Å². The number of carboxylic acid groups (broad SMARTS) is 1. The van der Waals surface area contributed by atoms with Gasteiger partial charge in [-0.2, -0.15) is 0 Å². The van der Waals surface area contributed by atoms with Crippen molar-refractivity contribution < 1.29 is 9.90 Å². The summed E-state index contributed by atoms with van der Waals surface area (Å²) in [6, 6.07) is 0.170. The first-order chi connectivity index (χ1) is 5.18.